The summed E-state index contributed by atoms with van der Waals surface area (Å²) >= 11 is 6.02. The van der Waals surface area contributed by atoms with Crippen LogP contribution in [0.25, 0.3) is 0 Å². The standard InChI is InChI=1S/C19H23ClN2O7S/c1-21-30(25,26)13-7-8-15(20)14(9-13)19(24)22-10-12(23)11-29-18-16(27-2)5-4-6-17(18)28-3/h4-9,12,21,23H,10-11H2,1-3H3,(H,22,24). The average Bonchev–Trinajstić information content (AvgIpc) is 2.75. The number of sulfonamides is 1. The number of para-hydroxylation sites is 1. The normalized spacial score (nSPS) is 12.2. The maximum atomic E-state index is 12.4. The van der Waals surface area contributed by atoms with Gasteiger partial charge in [-0.05, 0) is 37.4 Å². The molecule has 3 N–H and O–H groups in total. The molecule has 1 amide bonds. The number of hydrogen-bond donors (Lipinski definition) is 3. The molecule has 30 heavy (non-hydrogen) atoms. The fourth-order valence-corrected chi connectivity index (χ4v) is 3.43. The van der Waals surface area contributed by atoms with Crippen molar-refractivity contribution in [3.8, 4) is 17.2 Å². The summed E-state index contributed by atoms with van der Waals surface area (Å²) in [6, 6.07) is 8.85. The first-order valence-electron chi connectivity index (χ1n) is 8.76. The average molecular weight is 459 g/mol. The lowest BCUT2D eigenvalue weighted by Crippen LogP contribution is -2.35. The van der Waals surface area contributed by atoms with Crippen LogP contribution in [0.15, 0.2) is 41.3 Å². The van der Waals surface area contributed by atoms with Crippen LogP contribution in [0.4, 0.5) is 0 Å². The van der Waals surface area contributed by atoms with Crippen LogP contribution < -0.4 is 24.2 Å². The van der Waals surface area contributed by atoms with Crippen molar-refractivity contribution >= 4 is 27.5 Å². The predicted octanol–water partition coefficient (Wildman–Crippen LogP) is 1.43. The van der Waals surface area contributed by atoms with Gasteiger partial charge in [-0.25, -0.2) is 13.1 Å². The molecule has 0 spiro atoms. The fourth-order valence-electron chi connectivity index (χ4n) is 2.47. The number of hydrogen-bond acceptors (Lipinski definition) is 7. The molecule has 0 fully saturated rings. The van der Waals surface area contributed by atoms with Crippen LogP contribution in [0.5, 0.6) is 17.2 Å². The number of amides is 1. The molecule has 0 bridgehead atoms. The van der Waals surface area contributed by atoms with Gasteiger partial charge in [0, 0.05) is 6.54 Å². The molecule has 11 heteroatoms. The molecule has 0 aromatic heterocycles. The number of ether oxygens (including phenoxy) is 3. The Labute approximate surface area is 180 Å². The molecule has 0 heterocycles. The van der Waals surface area contributed by atoms with Gasteiger partial charge in [0.25, 0.3) is 5.91 Å². The van der Waals surface area contributed by atoms with Gasteiger partial charge in [-0.2, -0.15) is 0 Å². The lowest BCUT2D eigenvalue weighted by atomic mass is 10.2. The van der Waals surface area contributed by atoms with E-state index >= 15 is 0 Å². The Bertz CT molecular complexity index is 976. The van der Waals surface area contributed by atoms with E-state index in [1.54, 1.807) is 18.2 Å². The lowest BCUT2D eigenvalue weighted by molar-refractivity contribution is 0.0833. The smallest absolute Gasteiger partial charge is 0.252 e. The largest absolute Gasteiger partial charge is 0.493 e. The molecule has 9 nitrogen and oxygen atoms in total. The van der Waals surface area contributed by atoms with Gasteiger partial charge in [-0.3, -0.25) is 4.79 Å². The zero-order valence-corrected chi connectivity index (χ0v) is 18.2. The molecular formula is C19H23ClN2O7S. The Hall–Kier alpha value is -2.53. The summed E-state index contributed by atoms with van der Waals surface area (Å²) in [4.78, 5) is 12.3. The van der Waals surface area contributed by atoms with Crippen molar-refractivity contribution in [3.05, 3.63) is 47.0 Å². The van der Waals surface area contributed by atoms with Gasteiger partial charge in [0.1, 0.15) is 12.7 Å². The molecule has 0 aliphatic rings. The molecule has 1 atom stereocenters. The highest BCUT2D eigenvalue weighted by molar-refractivity contribution is 7.89. The summed E-state index contributed by atoms with van der Waals surface area (Å²) in [6.45, 7) is -0.311. The summed E-state index contributed by atoms with van der Waals surface area (Å²) in [7, 11) is 0.477. The summed E-state index contributed by atoms with van der Waals surface area (Å²) in [5, 5.41) is 12.7. The van der Waals surface area contributed by atoms with Crippen LogP contribution in [-0.4, -0.2) is 60.0 Å². The first-order valence-corrected chi connectivity index (χ1v) is 10.6. The van der Waals surface area contributed by atoms with E-state index in [-0.39, 0.29) is 28.6 Å². The van der Waals surface area contributed by atoms with Gasteiger partial charge in [-0.1, -0.05) is 17.7 Å². The van der Waals surface area contributed by atoms with Crippen molar-refractivity contribution in [2.75, 3.05) is 34.4 Å². The van der Waals surface area contributed by atoms with E-state index in [0.717, 1.165) is 6.07 Å². The van der Waals surface area contributed by atoms with E-state index in [0.29, 0.717) is 17.2 Å². The second kappa shape index (κ2) is 10.5. The van der Waals surface area contributed by atoms with Crippen LogP contribution in [0.2, 0.25) is 5.02 Å². The fraction of sp³-hybridized carbons (Fsp3) is 0.316. The number of methoxy groups -OCH3 is 2. The minimum absolute atomic E-state index is 0.0347. The molecule has 0 aliphatic heterocycles. The SMILES string of the molecule is CNS(=O)(=O)c1ccc(Cl)c(C(=O)NCC(O)COc2c(OC)cccc2OC)c1. The molecule has 2 rings (SSSR count). The third kappa shape index (κ3) is 5.76. The first-order chi connectivity index (χ1) is 14.2. The second-order valence-corrected chi connectivity index (χ2v) is 8.31. The second-order valence-electron chi connectivity index (χ2n) is 6.02. The molecule has 0 saturated carbocycles. The van der Waals surface area contributed by atoms with Gasteiger partial charge >= 0.3 is 0 Å². The highest BCUT2D eigenvalue weighted by Crippen LogP contribution is 2.36. The van der Waals surface area contributed by atoms with E-state index in [1.807, 2.05) is 0 Å². The van der Waals surface area contributed by atoms with Crippen LogP contribution in [0.1, 0.15) is 10.4 Å². The van der Waals surface area contributed by atoms with Gasteiger partial charge in [-0.15, -0.1) is 0 Å². The van der Waals surface area contributed by atoms with Crippen molar-refractivity contribution in [3.63, 3.8) is 0 Å². The molecule has 1 unspecified atom stereocenters. The van der Waals surface area contributed by atoms with E-state index in [9.17, 15) is 18.3 Å². The molecule has 2 aromatic carbocycles. The van der Waals surface area contributed by atoms with E-state index < -0.39 is 22.0 Å². The summed E-state index contributed by atoms with van der Waals surface area (Å²) in [6.07, 6.45) is -1.06. The minimum Gasteiger partial charge on any atom is -0.493 e. The van der Waals surface area contributed by atoms with Gasteiger partial charge in [0.2, 0.25) is 15.8 Å². The number of rotatable bonds is 10. The number of aliphatic hydroxyl groups excluding tert-OH is 1. The zero-order chi connectivity index (χ0) is 22.3. The summed E-state index contributed by atoms with van der Waals surface area (Å²) in [5.41, 5.74) is -0.0347. The third-order valence-electron chi connectivity index (χ3n) is 4.06. The van der Waals surface area contributed by atoms with Crippen molar-refractivity contribution in [2.45, 2.75) is 11.0 Å². The molecule has 0 aliphatic carbocycles. The number of carbonyl (C=O) groups excluding carboxylic acids is 1. The highest BCUT2D eigenvalue weighted by Gasteiger charge is 2.19. The molecule has 0 saturated heterocycles. The Morgan fingerprint density at radius 1 is 1.17 bits per heavy atom. The Morgan fingerprint density at radius 3 is 2.37 bits per heavy atom. The van der Waals surface area contributed by atoms with Gasteiger partial charge < -0.3 is 24.6 Å². The van der Waals surface area contributed by atoms with Gasteiger partial charge in [0.15, 0.2) is 11.5 Å². The lowest BCUT2D eigenvalue weighted by Gasteiger charge is -2.17. The molecule has 164 valence electrons. The number of aliphatic hydroxyl groups is 1. The highest BCUT2D eigenvalue weighted by atomic mass is 35.5. The number of halogens is 1. The molecular weight excluding hydrogens is 436 g/mol. The van der Waals surface area contributed by atoms with Crippen LogP contribution >= 0.6 is 11.6 Å². The van der Waals surface area contributed by atoms with Crippen LogP contribution in [-0.2, 0) is 10.0 Å². The Balaban J connectivity index is 2.01. The van der Waals surface area contributed by atoms with Gasteiger partial charge in [0.05, 0.1) is 29.7 Å². The maximum Gasteiger partial charge on any atom is 0.252 e. The van der Waals surface area contributed by atoms with E-state index in [4.69, 9.17) is 25.8 Å². The van der Waals surface area contributed by atoms with Crippen LogP contribution in [0.3, 0.4) is 0 Å². The van der Waals surface area contributed by atoms with Crippen LogP contribution in [0, 0.1) is 0 Å². The van der Waals surface area contributed by atoms with Crippen molar-refractivity contribution < 1.29 is 32.5 Å². The number of benzene rings is 2. The van der Waals surface area contributed by atoms with Crippen molar-refractivity contribution in [1.29, 1.82) is 0 Å². The quantitative estimate of drug-likeness (QED) is 0.492. The number of nitrogens with one attached hydrogen (secondary N) is 2. The monoisotopic (exact) mass is 458 g/mol. The predicted molar refractivity (Wildman–Crippen MR) is 111 cm³/mol. The topological polar surface area (TPSA) is 123 Å². The van der Waals surface area contributed by atoms with E-state index in [1.165, 1.54) is 33.4 Å². The molecule has 0 radical (unpaired) electrons. The molecule has 2 aromatic rings. The summed E-state index contributed by atoms with van der Waals surface area (Å²) < 4.78 is 42.0. The van der Waals surface area contributed by atoms with E-state index in [2.05, 4.69) is 10.0 Å². The first kappa shape index (κ1) is 23.7. The maximum absolute atomic E-state index is 12.4. The zero-order valence-electron chi connectivity index (χ0n) is 16.6. The summed E-state index contributed by atoms with van der Waals surface area (Å²) in [5.74, 6) is 0.544. The van der Waals surface area contributed by atoms with Crippen molar-refractivity contribution in [1.82, 2.24) is 10.0 Å². The third-order valence-corrected chi connectivity index (χ3v) is 5.80. The van der Waals surface area contributed by atoms with Crippen molar-refractivity contribution in [2.24, 2.45) is 0 Å². The Morgan fingerprint density at radius 2 is 1.80 bits per heavy atom. The Kier molecular flexibility index (Phi) is 8.30. The minimum atomic E-state index is -3.74. The number of carbonyl (C=O) groups is 1.